The number of carbonyl (C=O) groups excluding carboxylic acids is 1. The molecule has 0 aromatic heterocycles. The fraction of sp³-hybridized carbons (Fsp3) is 0.240. The van der Waals surface area contributed by atoms with Gasteiger partial charge in [0.1, 0.15) is 12.3 Å². The van der Waals surface area contributed by atoms with Crippen molar-refractivity contribution in [2.24, 2.45) is 0 Å². The van der Waals surface area contributed by atoms with Crippen LogP contribution in [-0.4, -0.2) is 59.1 Å². The van der Waals surface area contributed by atoms with Crippen molar-refractivity contribution in [1.82, 2.24) is 4.90 Å². The highest BCUT2D eigenvalue weighted by Crippen LogP contribution is 2.29. The highest BCUT2D eigenvalue weighted by molar-refractivity contribution is 7.92. The summed E-state index contributed by atoms with van der Waals surface area (Å²) in [5.74, 6) is 0.516. The van der Waals surface area contributed by atoms with E-state index in [-0.39, 0.29) is 17.3 Å². The van der Waals surface area contributed by atoms with Gasteiger partial charge in [-0.15, -0.1) is 0 Å². The van der Waals surface area contributed by atoms with E-state index in [0.29, 0.717) is 36.9 Å². The van der Waals surface area contributed by atoms with E-state index < -0.39 is 10.0 Å². The van der Waals surface area contributed by atoms with Crippen molar-refractivity contribution in [3.63, 3.8) is 0 Å². The molecule has 0 radical (unpaired) electrons. The van der Waals surface area contributed by atoms with Gasteiger partial charge < -0.3 is 14.5 Å². The molecule has 1 saturated heterocycles. The van der Waals surface area contributed by atoms with Crippen molar-refractivity contribution in [2.45, 2.75) is 4.90 Å². The Labute approximate surface area is 205 Å². The second-order valence-corrected chi connectivity index (χ2v) is 10.1. The molecular formula is C25H26ClN3O4S. The lowest BCUT2D eigenvalue weighted by molar-refractivity contribution is -0.129. The average Bonchev–Trinajstić information content (AvgIpc) is 2.87. The van der Waals surface area contributed by atoms with Crippen LogP contribution in [0.5, 0.6) is 5.75 Å². The molecule has 4 rings (SSSR count). The maximum atomic E-state index is 13.5. The molecule has 3 aromatic carbocycles. The number of sulfonamides is 1. The van der Waals surface area contributed by atoms with Gasteiger partial charge in [0.15, 0.2) is 0 Å². The van der Waals surface area contributed by atoms with Gasteiger partial charge in [0.2, 0.25) is 5.91 Å². The standard InChI is InChI=1S/C25H26ClN3O4S/c1-33-24-13-6-5-12-23(24)27-14-16-28(17-15-27)25(30)19-29(21-9-7-8-20(26)18-21)34(31,32)22-10-3-2-4-11-22/h2-13,18H,14-17,19H2,1H3. The minimum atomic E-state index is -3.97. The Kier molecular flexibility index (Phi) is 7.29. The smallest absolute Gasteiger partial charge is 0.264 e. The third kappa shape index (κ3) is 5.13. The van der Waals surface area contributed by atoms with E-state index in [4.69, 9.17) is 16.3 Å². The highest BCUT2D eigenvalue weighted by atomic mass is 35.5. The quantitative estimate of drug-likeness (QED) is 0.493. The van der Waals surface area contributed by atoms with E-state index in [2.05, 4.69) is 4.90 Å². The second-order valence-electron chi connectivity index (χ2n) is 7.84. The van der Waals surface area contributed by atoms with Crippen molar-refractivity contribution in [3.05, 3.63) is 83.9 Å². The zero-order valence-electron chi connectivity index (χ0n) is 18.8. The number of methoxy groups -OCH3 is 1. The van der Waals surface area contributed by atoms with E-state index in [0.717, 1.165) is 15.7 Å². The Morgan fingerprint density at radius 1 is 0.941 bits per heavy atom. The van der Waals surface area contributed by atoms with Gasteiger partial charge in [0, 0.05) is 31.2 Å². The fourth-order valence-electron chi connectivity index (χ4n) is 3.98. The Balaban J connectivity index is 1.53. The minimum absolute atomic E-state index is 0.115. The molecule has 178 valence electrons. The molecule has 7 nitrogen and oxygen atoms in total. The van der Waals surface area contributed by atoms with Gasteiger partial charge in [-0.25, -0.2) is 8.42 Å². The summed E-state index contributed by atoms with van der Waals surface area (Å²) >= 11 is 6.14. The molecule has 3 aromatic rings. The molecule has 34 heavy (non-hydrogen) atoms. The number of carbonyl (C=O) groups is 1. The van der Waals surface area contributed by atoms with Crippen LogP contribution in [-0.2, 0) is 14.8 Å². The number of para-hydroxylation sites is 2. The normalized spacial score (nSPS) is 14.1. The monoisotopic (exact) mass is 499 g/mol. The van der Waals surface area contributed by atoms with Gasteiger partial charge >= 0.3 is 0 Å². The average molecular weight is 500 g/mol. The van der Waals surface area contributed by atoms with Crippen LogP contribution in [0.2, 0.25) is 5.02 Å². The lowest BCUT2D eigenvalue weighted by Gasteiger charge is -2.37. The molecule has 1 amide bonds. The SMILES string of the molecule is COc1ccccc1N1CCN(C(=O)CN(c2cccc(Cl)c2)S(=O)(=O)c2ccccc2)CC1. The van der Waals surface area contributed by atoms with Crippen molar-refractivity contribution in [3.8, 4) is 5.75 Å². The molecule has 1 heterocycles. The van der Waals surface area contributed by atoms with Gasteiger partial charge in [0.05, 0.1) is 23.4 Å². The zero-order valence-corrected chi connectivity index (χ0v) is 20.4. The van der Waals surface area contributed by atoms with Crippen LogP contribution >= 0.6 is 11.6 Å². The van der Waals surface area contributed by atoms with Gasteiger partial charge in [-0.2, -0.15) is 0 Å². The van der Waals surface area contributed by atoms with Crippen molar-refractivity contribution in [2.75, 3.05) is 49.0 Å². The summed E-state index contributed by atoms with van der Waals surface area (Å²) in [6.45, 7) is 1.88. The number of piperazine rings is 1. The van der Waals surface area contributed by atoms with Gasteiger partial charge in [-0.3, -0.25) is 9.10 Å². The molecule has 0 N–H and O–H groups in total. The van der Waals surface area contributed by atoms with E-state index in [9.17, 15) is 13.2 Å². The summed E-state index contributed by atoms with van der Waals surface area (Å²) in [7, 11) is -2.33. The Morgan fingerprint density at radius 2 is 1.62 bits per heavy atom. The van der Waals surface area contributed by atoms with E-state index >= 15 is 0 Å². The van der Waals surface area contributed by atoms with Crippen molar-refractivity contribution >= 4 is 38.9 Å². The predicted molar refractivity (Wildman–Crippen MR) is 134 cm³/mol. The van der Waals surface area contributed by atoms with Gasteiger partial charge in [-0.05, 0) is 42.5 Å². The number of halogens is 1. The fourth-order valence-corrected chi connectivity index (χ4v) is 5.59. The first-order chi connectivity index (χ1) is 16.4. The highest BCUT2D eigenvalue weighted by Gasteiger charge is 2.30. The molecule has 0 aliphatic carbocycles. The number of hydrogen-bond acceptors (Lipinski definition) is 5. The number of anilines is 2. The third-order valence-corrected chi connectivity index (χ3v) is 7.79. The van der Waals surface area contributed by atoms with Crippen LogP contribution in [0, 0.1) is 0 Å². The molecule has 0 saturated carbocycles. The largest absolute Gasteiger partial charge is 0.495 e. The van der Waals surface area contributed by atoms with Crippen molar-refractivity contribution in [1.29, 1.82) is 0 Å². The van der Waals surface area contributed by atoms with Crippen LogP contribution in [0.15, 0.2) is 83.8 Å². The summed E-state index contributed by atoms with van der Waals surface area (Å²) in [6.07, 6.45) is 0. The Morgan fingerprint density at radius 3 is 2.29 bits per heavy atom. The van der Waals surface area contributed by atoms with E-state index in [1.54, 1.807) is 54.5 Å². The molecule has 0 bridgehead atoms. The van der Waals surface area contributed by atoms with Gasteiger partial charge in [-0.1, -0.05) is 48.0 Å². The predicted octanol–water partition coefficient (Wildman–Crippen LogP) is 3.89. The lowest BCUT2D eigenvalue weighted by Crippen LogP contribution is -2.52. The maximum Gasteiger partial charge on any atom is 0.264 e. The Hall–Kier alpha value is -3.23. The van der Waals surface area contributed by atoms with Crippen LogP contribution in [0.1, 0.15) is 0 Å². The summed E-state index contributed by atoms with van der Waals surface area (Å²) < 4.78 is 33.5. The molecular weight excluding hydrogens is 474 g/mol. The third-order valence-electron chi connectivity index (χ3n) is 5.76. The van der Waals surface area contributed by atoms with Crippen LogP contribution in [0.4, 0.5) is 11.4 Å². The molecule has 1 aliphatic rings. The molecule has 0 atom stereocenters. The molecule has 1 fully saturated rings. The summed E-state index contributed by atoms with van der Waals surface area (Å²) in [5.41, 5.74) is 1.32. The number of ether oxygens (including phenoxy) is 1. The minimum Gasteiger partial charge on any atom is -0.495 e. The number of nitrogens with zero attached hydrogens (tertiary/aromatic N) is 3. The molecule has 1 aliphatic heterocycles. The van der Waals surface area contributed by atoms with Crippen molar-refractivity contribution < 1.29 is 17.9 Å². The zero-order chi connectivity index (χ0) is 24.1. The van der Waals surface area contributed by atoms with E-state index in [1.807, 2.05) is 24.3 Å². The molecule has 0 unspecified atom stereocenters. The summed E-state index contributed by atoms with van der Waals surface area (Å²) in [4.78, 5) is 17.2. The van der Waals surface area contributed by atoms with Crippen LogP contribution < -0.4 is 13.9 Å². The molecule has 9 heteroatoms. The molecule has 0 spiro atoms. The maximum absolute atomic E-state index is 13.5. The summed E-state index contributed by atoms with van der Waals surface area (Å²) in [6, 6.07) is 22.4. The topological polar surface area (TPSA) is 70.2 Å². The van der Waals surface area contributed by atoms with Gasteiger partial charge in [0.25, 0.3) is 10.0 Å². The number of hydrogen-bond donors (Lipinski definition) is 0. The van der Waals surface area contributed by atoms with Crippen LogP contribution in [0.25, 0.3) is 0 Å². The van der Waals surface area contributed by atoms with Crippen LogP contribution in [0.3, 0.4) is 0 Å². The first-order valence-electron chi connectivity index (χ1n) is 10.9. The van der Waals surface area contributed by atoms with E-state index in [1.165, 1.54) is 12.1 Å². The second kappa shape index (κ2) is 10.4. The first kappa shape index (κ1) is 23.9. The number of benzene rings is 3. The first-order valence-corrected chi connectivity index (χ1v) is 12.7. The number of rotatable bonds is 7. The lowest BCUT2D eigenvalue weighted by atomic mass is 10.2. The summed E-state index contributed by atoms with van der Waals surface area (Å²) in [5, 5.41) is 0.392. The number of amides is 1. The Bertz CT molecular complexity index is 1250.